The van der Waals surface area contributed by atoms with Gasteiger partial charge in [-0.05, 0) is 30.5 Å². The summed E-state index contributed by atoms with van der Waals surface area (Å²) in [6.07, 6.45) is 4.58. The molecule has 0 N–H and O–H groups in total. The standard InChI is InChI=1S/C13H18O2/c1-2-5-12-6-8-13(9-7-12)15-11-4-3-10-14/h6-10H,2-5,11H2,1H3. The predicted molar refractivity (Wildman–Crippen MR) is 61.2 cm³/mol. The fourth-order valence-corrected chi connectivity index (χ4v) is 1.40. The van der Waals surface area contributed by atoms with Crippen LogP contribution in [0.5, 0.6) is 5.75 Å². The van der Waals surface area contributed by atoms with Crippen molar-refractivity contribution in [1.82, 2.24) is 0 Å². The smallest absolute Gasteiger partial charge is 0.120 e. The van der Waals surface area contributed by atoms with Gasteiger partial charge < -0.3 is 9.53 Å². The largest absolute Gasteiger partial charge is 0.494 e. The maximum absolute atomic E-state index is 10.1. The van der Waals surface area contributed by atoms with E-state index in [0.717, 1.165) is 24.9 Å². The van der Waals surface area contributed by atoms with Gasteiger partial charge in [-0.15, -0.1) is 0 Å². The van der Waals surface area contributed by atoms with Crippen LogP contribution in [0.2, 0.25) is 0 Å². The number of hydrogen-bond donors (Lipinski definition) is 0. The molecule has 0 aliphatic carbocycles. The second-order valence-electron chi connectivity index (χ2n) is 3.55. The van der Waals surface area contributed by atoms with Crippen molar-refractivity contribution >= 4 is 6.29 Å². The number of benzene rings is 1. The normalized spacial score (nSPS) is 9.93. The summed E-state index contributed by atoms with van der Waals surface area (Å²) in [5, 5.41) is 0. The average molecular weight is 206 g/mol. The lowest BCUT2D eigenvalue weighted by Gasteiger charge is -2.05. The van der Waals surface area contributed by atoms with Gasteiger partial charge in [-0.1, -0.05) is 25.5 Å². The molecule has 0 amide bonds. The van der Waals surface area contributed by atoms with Crippen LogP contribution >= 0.6 is 0 Å². The van der Waals surface area contributed by atoms with Crippen LogP contribution in [0, 0.1) is 0 Å². The van der Waals surface area contributed by atoms with E-state index >= 15 is 0 Å². The first kappa shape index (κ1) is 11.8. The molecule has 0 spiro atoms. The van der Waals surface area contributed by atoms with Crippen LogP contribution in [-0.4, -0.2) is 12.9 Å². The van der Waals surface area contributed by atoms with E-state index < -0.39 is 0 Å². The Bertz CT molecular complexity index is 277. The highest BCUT2D eigenvalue weighted by Gasteiger charge is 1.94. The van der Waals surface area contributed by atoms with Crippen molar-refractivity contribution in [3.05, 3.63) is 29.8 Å². The van der Waals surface area contributed by atoms with Gasteiger partial charge in [0.2, 0.25) is 0 Å². The van der Waals surface area contributed by atoms with Crippen LogP contribution in [-0.2, 0) is 11.2 Å². The third-order valence-electron chi connectivity index (χ3n) is 2.20. The van der Waals surface area contributed by atoms with Gasteiger partial charge in [-0.25, -0.2) is 0 Å². The predicted octanol–water partition coefficient (Wildman–Crippen LogP) is 3.00. The SMILES string of the molecule is CCCc1ccc(OCCCC=O)cc1. The van der Waals surface area contributed by atoms with Crippen LogP contribution in [0.4, 0.5) is 0 Å². The van der Waals surface area contributed by atoms with E-state index in [4.69, 9.17) is 4.74 Å². The molecule has 0 radical (unpaired) electrons. The lowest BCUT2D eigenvalue weighted by atomic mass is 10.1. The molecule has 2 nitrogen and oxygen atoms in total. The van der Waals surface area contributed by atoms with Gasteiger partial charge in [-0.3, -0.25) is 0 Å². The number of ether oxygens (including phenoxy) is 1. The van der Waals surface area contributed by atoms with Crippen LogP contribution < -0.4 is 4.74 Å². The van der Waals surface area contributed by atoms with Crippen molar-refractivity contribution in [1.29, 1.82) is 0 Å². The molecule has 2 heteroatoms. The molecule has 0 aromatic heterocycles. The third-order valence-corrected chi connectivity index (χ3v) is 2.20. The van der Waals surface area contributed by atoms with Gasteiger partial charge in [-0.2, -0.15) is 0 Å². The molecular formula is C13H18O2. The quantitative estimate of drug-likeness (QED) is 0.506. The molecule has 15 heavy (non-hydrogen) atoms. The summed E-state index contributed by atoms with van der Waals surface area (Å²) in [4.78, 5) is 10.1. The molecule has 0 atom stereocenters. The number of rotatable bonds is 7. The molecule has 0 heterocycles. The Labute approximate surface area is 91.3 Å². The maximum Gasteiger partial charge on any atom is 0.120 e. The Morgan fingerprint density at radius 2 is 2.00 bits per heavy atom. The van der Waals surface area contributed by atoms with E-state index in [2.05, 4.69) is 19.1 Å². The first-order valence-electron chi connectivity index (χ1n) is 5.52. The van der Waals surface area contributed by atoms with Crippen molar-refractivity contribution in [3.63, 3.8) is 0 Å². The zero-order valence-corrected chi connectivity index (χ0v) is 9.24. The molecule has 1 rings (SSSR count). The molecule has 0 unspecified atom stereocenters. The van der Waals surface area contributed by atoms with E-state index in [1.807, 2.05) is 12.1 Å². The summed E-state index contributed by atoms with van der Waals surface area (Å²) in [5.74, 6) is 0.890. The minimum Gasteiger partial charge on any atom is -0.494 e. The Hall–Kier alpha value is -1.31. The first-order valence-corrected chi connectivity index (χ1v) is 5.52. The van der Waals surface area contributed by atoms with E-state index in [1.54, 1.807) is 0 Å². The van der Waals surface area contributed by atoms with E-state index in [-0.39, 0.29) is 0 Å². The number of unbranched alkanes of at least 4 members (excludes halogenated alkanes) is 1. The molecule has 0 saturated heterocycles. The third kappa shape index (κ3) is 4.63. The minimum absolute atomic E-state index is 0.577. The molecule has 0 aliphatic rings. The lowest BCUT2D eigenvalue weighted by Crippen LogP contribution is -1.97. The Morgan fingerprint density at radius 3 is 2.60 bits per heavy atom. The lowest BCUT2D eigenvalue weighted by molar-refractivity contribution is -0.108. The highest BCUT2D eigenvalue weighted by molar-refractivity contribution is 5.49. The van der Waals surface area contributed by atoms with Gasteiger partial charge in [0.25, 0.3) is 0 Å². The van der Waals surface area contributed by atoms with Gasteiger partial charge in [0.05, 0.1) is 6.61 Å². The van der Waals surface area contributed by atoms with E-state index in [9.17, 15) is 4.79 Å². The monoisotopic (exact) mass is 206 g/mol. The second kappa shape index (κ2) is 7.04. The van der Waals surface area contributed by atoms with Crippen LogP contribution in [0.1, 0.15) is 31.7 Å². The summed E-state index contributed by atoms with van der Waals surface area (Å²) in [7, 11) is 0. The Kier molecular flexibility index (Phi) is 5.52. The van der Waals surface area contributed by atoms with Crippen LogP contribution in [0.15, 0.2) is 24.3 Å². The highest BCUT2D eigenvalue weighted by Crippen LogP contribution is 2.13. The number of carbonyl (C=O) groups is 1. The van der Waals surface area contributed by atoms with Gasteiger partial charge in [0, 0.05) is 6.42 Å². The molecule has 1 aromatic rings. The van der Waals surface area contributed by atoms with E-state index in [1.165, 1.54) is 12.0 Å². The fraction of sp³-hybridized carbons (Fsp3) is 0.462. The first-order chi connectivity index (χ1) is 7.36. The summed E-state index contributed by atoms with van der Waals surface area (Å²) < 4.78 is 5.48. The van der Waals surface area contributed by atoms with Gasteiger partial charge in [0.15, 0.2) is 0 Å². The van der Waals surface area contributed by atoms with Crippen molar-refractivity contribution in [2.75, 3.05) is 6.61 Å². The summed E-state index contributed by atoms with van der Waals surface area (Å²) in [6.45, 7) is 2.79. The van der Waals surface area contributed by atoms with Gasteiger partial charge >= 0.3 is 0 Å². The van der Waals surface area contributed by atoms with Crippen molar-refractivity contribution < 1.29 is 9.53 Å². The fourth-order valence-electron chi connectivity index (χ4n) is 1.40. The highest BCUT2D eigenvalue weighted by atomic mass is 16.5. The van der Waals surface area contributed by atoms with E-state index in [0.29, 0.717) is 13.0 Å². The van der Waals surface area contributed by atoms with Crippen LogP contribution in [0.25, 0.3) is 0 Å². The number of carbonyl (C=O) groups excluding carboxylic acids is 1. The van der Waals surface area contributed by atoms with Crippen molar-refractivity contribution in [3.8, 4) is 5.75 Å². The minimum atomic E-state index is 0.577. The maximum atomic E-state index is 10.1. The molecule has 0 aliphatic heterocycles. The Balaban J connectivity index is 2.32. The Morgan fingerprint density at radius 1 is 1.27 bits per heavy atom. The zero-order chi connectivity index (χ0) is 10.9. The number of hydrogen-bond acceptors (Lipinski definition) is 2. The van der Waals surface area contributed by atoms with Crippen LogP contribution in [0.3, 0.4) is 0 Å². The molecule has 82 valence electrons. The molecule has 0 bridgehead atoms. The molecule has 1 aromatic carbocycles. The zero-order valence-electron chi connectivity index (χ0n) is 9.24. The van der Waals surface area contributed by atoms with Gasteiger partial charge in [0.1, 0.15) is 12.0 Å². The number of aldehydes is 1. The molecule has 0 saturated carbocycles. The summed E-state index contributed by atoms with van der Waals surface area (Å²) >= 11 is 0. The molecular weight excluding hydrogens is 188 g/mol. The van der Waals surface area contributed by atoms with Crippen molar-refractivity contribution in [2.24, 2.45) is 0 Å². The summed E-state index contributed by atoms with van der Waals surface area (Å²) in [5.41, 5.74) is 1.35. The molecule has 0 fully saturated rings. The summed E-state index contributed by atoms with van der Waals surface area (Å²) in [6, 6.07) is 8.18. The number of aryl methyl sites for hydroxylation is 1. The topological polar surface area (TPSA) is 26.3 Å². The second-order valence-corrected chi connectivity index (χ2v) is 3.55. The average Bonchev–Trinajstić information content (AvgIpc) is 2.27. The van der Waals surface area contributed by atoms with Crippen molar-refractivity contribution in [2.45, 2.75) is 32.6 Å².